The van der Waals surface area contributed by atoms with E-state index in [-0.39, 0.29) is 0 Å². The minimum absolute atomic E-state index is 0.314. The van der Waals surface area contributed by atoms with E-state index in [1.165, 1.54) is 0 Å². The van der Waals surface area contributed by atoms with Crippen molar-refractivity contribution in [1.82, 2.24) is 15.0 Å². The molecule has 1 aromatic heterocycles. The minimum atomic E-state index is 0.314. The molecule has 20 heavy (non-hydrogen) atoms. The monoisotopic (exact) mass is 275 g/mol. The van der Waals surface area contributed by atoms with E-state index in [1.54, 1.807) is 25.0 Å². The van der Waals surface area contributed by atoms with Crippen LogP contribution in [0.2, 0.25) is 0 Å². The van der Waals surface area contributed by atoms with Gasteiger partial charge < -0.3 is 9.47 Å². The van der Waals surface area contributed by atoms with Crippen LogP contribution in [-0.2, 0) is 6.54 Å². The lowest BCUT2D eigenvalue weighted by Crippen LogP contribution is -2.02. The summed E-state index contributed by atoms with van der Waals surface area (Å²) in [4.78, 5) is 11.1. The van der Waals surface area contributed by atoms with Gasteiger partial charge in [-0.05, 0) is 18.6 Å². The number of hydrogen-bond donors (Lipinski definition) is 0. The smallest absolute Gasteiger partial charge is 0.172 e. The fourth-order valence-electron chi connectivity index (χ4n) is 2.02. The molecule has 0 aliphatic rings. The van der Waals surface area contributed by atoms with Gasteiger partial charge >= 0.3 is 0 Å². The standard InChI is InChI=1S/C14H17N3O3/c1-4-5-17-14(13(9-18)15-16-17)10-6-11(19-2)8-12(7-10)20-3/h6-9H,4-5H2,1-3H3. The highest BCUT2D eigenvalue weighted by atomic mass is 16.5. The summed E-state index contributed by atoms with van der Waals surface area (Å²) in [6, 6.07) is 5.44. The Hall–Kier alpha value is -2.37. The molecule has 0 fully saturated rings. The highest BCUT2D eigenvalue weighted by molar-refractivity contribution is 5.83. The van der Waals surface area contributed by atoms with Crippen LogP contribution in [0.4, 0.5) is 0 Å². The van der Waals surface area contributed by atoms with Crippen molar-refractivity contribution in [1.29, 1.82) is 0 Å². The number of aryl methyl sites for hydroxylation is 1. The SMILES string of the molecule is CCCn1nnc(C=O)c1-c1cc(OC)cc(OC)c1. The molecular weight excluding hydrogens is 258 g/mol. The van der Waals surface area contributed by atoms with Crippen LogP contribution < -0.4 is 9.47 Å². The molecule has 2 aromatic rings. The maximum atomic E-state index is 11.1. The molecule has 0 N–H and O–H groups in total. The third-order valence-electron chi connectivity index (χ3n) is 2.93. The molecular formula is C14H17N3O3. The van der Waals surface area contributed by atoms with E-state index in [1.807, 2.05) is 19.1 Å². The van der Waals surface area contributed by atoms with E-state index in [4.69, 9.17) is 9.47 Å². The second-order valence-electron chi connectivity index (χ2n) is 4.27. The Morgan fingerprint density at radius 1 is 1.20 bits per heavy atom. The van der Waals surface area contributed by atoms with Gasteiger partial charge in [-0.25, -0.2) is 4.68 Å². The molecule has 0 atom stereocenters. The molecule has 0 bridgehead atoms. The molecule has 0 aliphatic carbocycles. The van der Waals surface area contributed by atoms with E-state index < -0.39 is 0 Å². The Morgan fingerprint density at radius 2 is 1.85 bits per heavy atom. The van der Waals surface area contributed by atoms with Crippen LogP contribution >= 0.6 is 0 Å². The number of aromatic nitrogens is 3. The summed E-state index contributed by atoms with van der Waals surface area (Å²) in [6.45, 7) is 2.73. The molecule has 2 rings (SSSR count). The quantitative estimate of drug-likeness (QED) is 0.756. The summed E-state index contributed by atoms with van der Waals surface area (Å²) in [7, 11) is 3.17. The Balaban J connectivity index is 2.59. The van der Waals surface area contributed by atoms with Crippen molar-refractivity contribution in [3.63, 3.8) is 0 Å². The van der Waals surface area contributed by atoms with Crippen molar-refractivity contribution in [2.24, 2.45) is 0 Å². The predicted octanol–water partition coefficient (Wildman–Crippen LogP) is 2.18. The maximum Gasteiger partial charge on any atom is 0.172 e. The van der Waals surface area contributed by atoms with Crippen LogP contribution in [0.5, 0.6) is 11.5 Å². The number of rotatable bonds is 6. The molecule has 1 heterocycles. The van der Waals surface area contributed by atoms with Gasteiger partial charge in [-0.3, -0.25) is 4.79 Å². The van der Waals surface area contributed by atoms with E-state index in [2.05, 4.69) is 10.3 Å². The van der Waals surface area contributed by atoms with Crippen LogP contribution in [0.25, 0.3) is 11.3 Å². The average molecular weight is 275 g/mol. The Bertz CT molecular complexity index is 585. The first kappa shape index (κ1) is 14.0. The second kappa shape index (κ2) is 6.18. The van der Waals surface area contributed by atoms with Crippen LogP contribution in [0.15, 0.2) is 18.2 Å². The normalized spacial score (nSPS) is 10.3. The first-order valence-electron chi connectivity index (χ1n) is 6.35. The summed E-state index contributed by atoms with van der Waals surface area (Å²) < 4.78 is 12.2. The van der Waals surface area contributed by atoms with Gasteiger partial charge in [0.15, 0.2) is 12.0 Å². The third-order valence-corrected chi connectivity index (χ3v) is 2.93. The largest absolute Gasteiger partial charge is 0.497 e. The summed E-state index contributed by atoms with van der Waals surface area (Å²) in [5.41, 5.74) is 1.79. The lowest BCUT2D eigenvalue weighted by molar-refractivity contribution is 0.111. The minimum Gasteiger partial charge on any atom is -0.497 e. The molecule has 0 radical (unpaired) electrons. The molecule has 6 nitrogen and oxygen atoms in total. The number of hydrogen-bond acceptors (Lipinski definition) is 5. The number of carbonyl (C=O) groups excluding carboxylic acids is 1. The zero-order valence-corrected chi connectivity index (χ0v) is 11.8. The van der Waals surface area contributed by atoms with Gasteiger partial charge in [0.2, 0.25) is 0 Å². The van der Waals surface area contributed by atoms with E-state index in [0.29, 0.717) is 35.7 Å². The summed E-state index contributed by atoms with van der Waals surface area (Å²) in [5, 5.41) is 7.92. The molecule has 106 valence electrons. The number of benzene rings is 1. The molecule has 0 spiro atoms. The zero-order valence-electron chi connectivity index (χ0n) is 11.8. The van der Waals surface area contributed by atoms with Crippen molar-refractivity contribution in [2.75, 3.05) is 14.2 Å². The Labute approximate surface area is 117 Å². The van der Waals surface area contributed by atoms with E-state index in [9.17, 15) is 4.79 Å². The fraction of sp³-hybridized carbons (Fsp3) is 0.357. The van der Waals surface area contributed by atoms with Gasteiger partial charge in [0.1, 0.15) is 11.5 Å². The topological polar surface area (TPSA) is 66.2 Å². The first-order valence-corrected chi connectivity index (χ1v) is 6.35. The van der Waals surface area contributed by atoms with Gasteiger partial charge in [0.05, 0.1) is 19.9 Å². The number of nitrogens with zero attached hydrogens (tertiary/aromatic N) is 3. The fourth-order valence-corrected chi connectivity index (χ4v) is 2.02. The van der Waals surface area contributed by atoms with Gasteiger partial charge in [0, 0.05) is 18.2 Å². The van der Waals surface area contributed by atoms with Crippen LogP contribution in [0.3, 0.4) is 0 Å². The van der Waals surface area contributed by atoms with Gasteiger partial charge in [-0.1, -0.05) is 12.1 Å². The number of ether oxygens (including phenoxy) is 2. The van der Waals surface area contributed by atoms with Gasteiger partial charge in [-0.15, -0.1) is 5.10 Å². The number of carbonyl (C=O) groups is 1. The van der Waals surface area contributed by atoms with Crippen molar-refractivity contribution in [3.8, 4) is 22.8 Å². The van der Waals surface area contributed by atoms with Crippen LogP contribution in [-0.4, -0.2) is 35.5 Å². The highest BCUT2D eigenvalue weighted by Crippen LogP contribution is 2.30. The van der Waals surface area contributed by atoms with Crippen LogP contribution in [0, 0.1) is 0 Å². The average Bonchev–Trinajstić information content (AvgIpc) is 2.89. The van der Waals surface area contributed by atoms with Gasteiger partial charge in [0.25, 0.3) is 0 Å². The molecule has 0 unspecified atom stereocenters. The van der Waals surface area contributed by atoms with Crippen molar-refractivity contribution in [3.05, 3.63) is 23.9 Å². The van der Waals surface area contributed by atoms with Crippen LogP contribution in [0.1, 0.15) is 23.8 Å². The third kappa shape index (κ3) is 2.64. The maximum absolute atomic E-state index is 11.1. The Kier molecular flexibility index (Phi) is 4.34. The number of methoxy groups -OCH3 is 2. The Morgan fingerprint density at radius 3 is 2.35 bits per heavy atom. The molecule has 1 aromatic carbocycles. The summed E-state index contributed by atoms with van der Waals surface area (Å²) in [6.07, 6.45) is 1.61. The zero-order chi connectivity index (χ0) is 14.5. The van der Waals surface area contributed by atoms with Crippen molar-refractivity contribution in [2.45, 2.75) is 19.9 Å². The van der Waals surface area contributed by atoms with E-state index in [0.717, 1.165) is 12.0 Å². The van der Waals surface area contributed by atoms with E-state index >= 15 is 0 Å². The summed E-state index contributed by atoms with van der Waals surface area (Å²) in [5.74, 6) is 1.31. The van der Waals surface area contributed by atoms with Crippen molar-refractivity contribution < 1.29 is 14.3 Å². The lowest BCUT2D eigenvalue weighted by atomic mass is 10.1. The first-order chi connectivity index (χ1) is 9.73. The van der Waals surface area contributed by atoms with Gasteiger partial charge in [-0.2, -0.15) is 0 Å². The molecule has 0 aliphatic heterocycles. The summed E-state index contributed by atoms with van der Waals surface area (Å²) >= 11 is 0. The number of aldehydes is 1. The second-order valence-corrected chi connectivity index (χ2v) is 4.27. The van der Waals surface area contributed by atoms with Crippen molar-refractivity contribution >= 4 is 6.29 Å². The molecule has 0 saturated carbocycles. The molecule has 0 amide bonds. The molecule has 6 heteroatoms. The predicted molar refractivity (Wildman–Crippen MR) is 74.2 cm³/mol. The highest BCUT2D eigenvalue weighted by Gasteiger charge is 2.16. The lowest BCUT2D eigenvalue weighted by Gasteiger charge is -2.10. The molecule has 0 saturated heterocycles.